The number of fused-ring (bicyclic) bond motifs is 3. The maximum absolute atomic E-state index is 13.9. The number of halogens is 1. The van der Waals surface area contributed by atoms with E-state index in [0.29, 0.717) is 5.56 Å². The number of hydrogen-bond acceptors (Lipinski definition) is 9. The molecule has 6 N–H and O–H groups in total. The van der Waals surface area contributed by atoms with Crippen molar-refractivity contribution in [2.45, 2.75) is 50.7 Å². The van der Waals surface area contributed by atoms with Gasteiger partial charge in [-0.3, -0.25) is 24.1 Å². The number of aromatic hydroxyl groups is 1. The van der Waals surface area contributed by atoms with Gasteiger partial charge in [-0.15, -0.1) is 0 Å². The molecule has 0 spiro atoms. The Kier molecular flexibility index (Phi) is 6.10. The number of carbonyl (C=O) groups is 4. The molecule has 1 fully saturated rings. The average Bonchev–Trinajstić information content (AvgIpc) is 2.74. The maximum Gasteiger partial charge on any atom is 0.255 e. The predicted octanol–water partition coefficient (Wildman–Crippen LogP) is 1.64. The van der Waals surface area contributed by atoms with Crippen LogP contribution in [0.1, 0.15) is 54.2 Å². The molecule has 3 aliphatic carbocycles. The minimum Gasteiger partial charge on any atom is -0.508 e. The first-order valence-corrected chi connectivity index (χ1v) is 12.1. The molecule has 0 aromatic heterocycles. The van der Waals surface area contributed by atoms with Gasteiger partial charge in [0.15, 0.2) is 11.4 Å². The lowest BCUT2D eigenvalue weighted by atomic mass is 9.57. The van der Waals surface area contributed by atoms with Crippen molar-refractivity contribution in [3.8, 4) is 5.75 Å². The molecule has 4 atom stereocenters. The van der Waals surface area contributed by atoms with Gasteiger partial charge in [0.1, 0.15) is 22.8 Å². The second-order valence-corrected chi connectivity index (χ2v) is 11.5. The third-order valence-electron chi connectivity index (χ3n) is 7.74. The average molecular weight is 533 g/mol. The number of phenols is 1. The van der Waals surface area contributed by atoms with E-state index >= 15 is 0 Å². The highest BCUT2D eigenvalue weighted by Crippen LogP contribution is 2.54. The molecule has 198 valence electrons. The standard InChI is InChI=1S/C26H29ClN2O8/c1-25(2,3)13-8-11(23(27)35)10-6-9-7-12-17(29(4)5)20(32)16(24(28)36)22(34)26(12,37)21(33)14(9)19(31)15(10)18(13)30/h8-9,12,17,30-31,34,37H,6-7H2,1-5H3,(H2,28,36)/t9-,12-,17-,26-/m1/s1. The number of primary amides is 1. The molecule has 4 rings (SSSR count). The Balaban J connectivity index is 2.04. The van der Waals surface area contributed by atoms with Crippen LogP contribution in [-0.2, 0) is 26.2 Å². The summed E-state index contributed by atoms with van der Waals surface area (Å²) in [6.07, 6.45) is -0.0935. The fourth-order valence-corrected chi connectivity index (χ4v) is 6.23. The van der Waals surface area contributed by atoms with Crippen molar-refractivity contribution in [1.29, 1.82) is 0 Å². The van der Waals surface area contributed by atoms with Gasteiger partial charge in [0.2, 0.25) is 5.78 Å². The second-order valence-electron chi connectivity index (χ2n) is 11.2. The zero-order valence-corrected chi connectivity index (χ0v) is 21.8. The van der Waals surface area contributed by atoms with Crippen LogP contribution in [0, 0.1) is 11.8 Å². The number of amides is 1. The van der Waals surface area contributed by atoms with Gasteiger partial charge >= 0.3 is 0 Å². The minimum atomic E-state index is -2.73. The first-order chi connectivity index (χ1) is 17.0. The highest BCUT2D eigenvalue weighted by Gasteiger charge is 2.64. The fraction of sp³-hybridized carbons (Fsp3) is 0.462. The normalized spacial score (nSPS) is 27.7. The number of Topliss-reactive ketones (excluding diaryl/α,β-unsaturated/α-hetero) is 2. The number of hydrogen-bond donors (Lipinski definition) is 5. The second kappa shape index (κ2) is 8.41. The molecular weight excluding hydrogens is 504 g/mol. The molecule has 0 saturated heterocycles. The van der Waals surface area contributed by atoms with E-state index in [-0.39, 0.29) is 40.9 Å². The van der Waals surface area contributed by atoms with Gasteiger partial charge in [0.05, 0.1) is 11.6 Å². The lowest BCUT2D eigenvalue weighted by molar-refractivity contribution is -0.153. The number of aliphatic hydroxyl groups is 3. The van der Waals surface area contributed by atoms with E-state index in [0.717, 1.165) is 0 Å². The van der Waals surface area contributed by atoms with Crippen molar-refractivity contribution >= 4 is 40.1 Å². The molecule has 1 aromatic rings. The lowest BCUT2D eigenvalue weighted by Gasteiger charge is -2.50. The van der Waals surface area contributed by atoms with E-state index in [1.165, 1.54) is 25.1 Å². The van der Waals surface area contributed by atoms with E-state index in [1.54, 1.807) is 20.8 Å². The van der Waals surface area contributed by atoms with Crippen LogP contribution in [0.25, 0.3) is 5.76 Å². The number of nitrogens with zero attached hydrogens (tertiary/aromatic N) is 1. The molecular formula is C26H29ClN2O8. The summed E-state index contributed by atoms with van der Waals surface area (Å²) in [5.41, 5.74) is 1.18. The third-order valence-corrected chi connectivity index (χ3v) is 7.94. The first kappa shape index (κ1) is 26.8. The molecule has 0 radical (unpaired) electrons. The van der Waals surface area contributed by atoms with Crippen LogP contribution in [0.15, 0.2) is 23.0 Å². The van der Waals surface area contributed by atoms with Crippen molar-refractivity contribution in [3.05, 3.63) is 45.2 Å². The number of rotatable bonds is 3. The first-order valence-electron chi connectivity index (χ1n) is 11.7. The summed E-state index contributed by atoms with van der Waals surface area (Å²) in [5, 5.41) is 44.2. The largest absolute Gasteiger partial charge is 0.508 e. The van der Waals surface area contributed by atoms with Gasteiger partial charge < -0.3 is 26.2 Å². The number of likely N-dealkylation sites (N-methyl/N-ethyl adjacent to an activating group) is 1. The summed E-state index contributed by atoms with van der Waals surface area (Å²) < 4.78 is 0. The van der Waals surface area contributed by atoms with Crippen molar-refractivity contribution in [2.24, 2.45) is 17.6 Å². The molecule has 0 aliphatic heterocycles. The van der Waals surface area contributed by atoms with E-state index in [4.69, 9.17) is 17.3 Å². The predicted molar refractivity (Wildman–Crippen MR) is 133 cm³/mol. The van der Waals surface area contributed by atoms with E-state index in [9.17, 15) is 39.6 Å². The Morgan fingerprint density at radius 1 is 1.16 bits per heavy atom. The molecule has 37 heavy (non-hydrogen) atoms. The number of ketones is 2. The Morgan fingerprint density at radius 2 is 1.76 bits per heavy atom. The maximum atomic E-state index is 13.9. The van der Waals surface area contributed by atoms with Crippen molar-refractivity contribution in [1.82, 2.24) is 4.90 Å². The monoisotopic (exact) mass is 532 g/mol. The van der Waals surface area contributed by atoms with Crippen LogP contribution in [0.4, 0.5) is 0 Å². The van der Waals surface area contributed by atoms with Gasteiger partial charge in [0, 0.05) is 22.6 Å². The summed E-state index contributed by atoms with van der Waals surface area (Å²) in [5.74, 6) is -7.44. The van der Waals surface area contributed by atoms with Crippen molar-refractivity contribution in [3.63, 3.8) is 0 Å². The Hall–Kier alpha value is -3.21. The van der Waals surface area contributed by atoms with Gasteiger partial charge in [-0.2, -0.15) is 0 Å². The smallest absolute Gasteiger partial charge is 0.255 e. The number of phenolic OH excluding ortho intramolecular Hbond substituents is 1. The fourth-order valence-electron chi connectivity index (χ4n) is 6.06. The molecule has 0 bridgehead atoms. The van der Waals surface area contributed by atoms with Crippen LogP contribution in [-0.4, -0.2) is 73.8 Å². The summed E-state index contributed by atoms with van der Waals surface area (Å²) in [4.78, 5) is 52.9. The molecule has 1 amide bonds. The molecule has 1 aromatic carbocycles. The highest BCUT2D eigenvalue weighted by molar-refractivity contribution is 6.68. The van der Waals surface area contributed by atoms with Crippen LogP contribution in [0.5, 0.6) is 5.75 Å². The Labute approximate surface area is 218 Å². The summed E-state index contributed by atoms with van der Waals surface area (Å²) in [7, 11) is 3.04. The molecule has 1 saturated carbocycles. The Morgan fingerprint density at radius 3 is 2.24 bits per heavy atom. The van der Waals surface area contributed by atoms with Crippen LogP contribution < -0.4 is 5.73 Å². The van der Waals surface area contributed by atoms with E-state index in [2.05, 4.69) is 0 Å². The zero-order chi connectivity index (χ0) is 27.9. The Bertz CT molecular complexity index is 1350. The molecule has 0 unspecified atom stereocenters. The minimum absolute atomic E-state index is 0.0136. The number of nitrogens with two attached hydrogens (primary N) is 1. The van der Waals surface area contributed by atoms with Gasteiger partial charge in [-0.05, 0) is 61.5 Å². The lowest BCUT2D eigenvalue weighted by Crippen LogP contribution is -2.65. The molecule has 3 aliphatic rings. The van der Waals surface area contributed by atoms with E-state index in [1.807, 2.05) is 0 Å². The van der Waals surface area contributed by atoms with E-state index < -0.39 is 68.7 Å². The quantitative estimate of drug-likeness (QED) is 0.286. The van der Waals surface area contributed by atoms with Gasteiger partial charge in [-0.1, -0.05) is 20.8 Å². The molecule has 10 nitrogen and oxygen atoms in total. The summed E-state index contributed by atoms with van der Waals surface area (Å²) in [6.45, 7) is 5.33. The van der Waals surface area contributed by atoms with Crippen LogP contribution >= 0.6 is 11.6 Å². The van der Waals surface area contributed by atoms with Gasteiger partial charge in [0.25, 0.3) is 11.1 Å². The number of carbonyl (C=O) groups excluding carboxylic acids is 4. The zero-order valence-electron chi connectivity index (χ0n) is 21.0. The number of benzene rings is 1. The third kappa shape index (κ3) is 3.61. The molecule has 0 heterocycles. The number of aliphatic hydroxyl groups excluding tert-OH is 2. The summed E-state index contributed by atoms with van der Waals surface area (Å²) >= 11 is 5.89. The highest BCUT2D eigenvalue weighted by atomic mass is 35.5. The van der Waals surface area contributed by atoms with Crippen LogP contribution in [0.2, 0.25) is 0 Å². The SMILES string of the molecule is CN(C)[C@H]1C(=O)C(C(N)=O)=C(O)[C@]2(O)C(=O)C3=C(O)c4c(O)c(C(C)(C)C)cc(C(=O)Cl)c4C[C@@H]3C[C@H]12. The van der Waals surface area contributed by atoms with Crippen molar-refractivity contribution < 1.29 is 39.6 Å². The molecule has 11 heteroatoms. The topological polar surface area (TPSA) is 178 Å². The van der Waals surface area contributed by atoms with Crippen molar-refractivity contribution in [2.75, 3.05) is 14.1 Å². The van der Waals surface area contributed by atoms with Gasteiger partial charge in [-0.25, -0.2) is 0 Å². The van der Waals surface area contributed by atoms with Crippen LogP contribution in [0.3, 0.4) is 0 Å². The summed E-state index contributed by atoms with van der Waals surface area (Å²) in [6, 6.07) is 0.270.